The predicted molar refractivity (Wildman–Crippen MR) is 162 cm³/mol. The molecule has 0 bridgehead atoms. The molecule has 0 aliphatic carbocycles. The monoisotopic (exact) mass is 586 g/mol. The van der Waals surface area contributed by atoms with Crippen LogP contribution in [0.4, 0.5) is 13.2 Å². The van der Waals surface area contributed by atoms with E-state index in [1.54, 1.807) is 13.2 Å². The molecule has 0 saturated carbocycles. The average Bonchev–Trinajstić information content (AvgIpc) is 2.99. The van der Waals surface area contributed by atoms with Crippen molar-refractivity contribution in [1.29, 1.82) is 0 Å². The Bertz CT molecular complexity index is 892. The van der Waals surface area contributed by atoms with E-state index >= 15 is 0 Å². The van der Waals surface area contributed by atoms with Crippen LogP contribution in [0, 0.1) is 0 Å². The van der Waals surface area contributed by atoms with Crippen molar-refractivity contribution in [3.05, 3.63) is 90.8 Å². The maximum Gasteiger partial charge on any atom is 0.389 e. The van der Waals surface area contributed by atoms with E-state index in [-0.39, 0.29) is 18.6 Å². The van der Waals surface area contributed by atoms with Crippen LogP contribution in [0.1, 0.15) is 69.1 Å². The molecule has 3 N–H and O–H groups in total. The molecule has 0 saturated heterocycles. The zero-order chi connectivity index (χ0) is 32.1. The van der Waals surface area contributed by atoms with Gasteiger partial charge in [0.1, 0.15) is 18.7 Å². The fourth-order valence-corrected chi connectivity index (χ4v) is 3.33. The summed E-state index contributed by atoms with van der Waals surface area (Å²) in [6.45, 7) is 18.0. The van der Waals surface area contributed by atoms with E-state index in [1.165, 1.54) is 5.56 Å². The number of unbranched alkanes of at least 4 members (excludes halogenated alkanes) is 3. The fraction of sp³-hybridized carbons (Fsp3) is 0.469. The lowest BCUT2D eigenvalue weighted by Gasteiger charge is -2.14. The number of methoxy groups -OCH3 is 1. The smallest absolute Gasteiger partial charge is 0.389 e. The highest BCUT2D eigenvalue weighted by Crippen LogP contribution is 2.27. The number of carbonyl (C=O) groups is 1. The molecule has 6 nitrogen and oxygen atoms in total. The largest absolute Gasteiger partial charge is 0.491 e. The fourth-order valence-electron chi connectivity index (χ4n) is 3.33. The number of carbonyl (C=O) groups excluding carboxylic acids is 1. The normalized spacial score (nSPS) is 11.0. The summed E-state index contributed by atoms with van der Waals surface area (Å²) in [6.07, 6.45) is 7.06. The Morgan fingerprint density at radius 3 is 2.20 bits per heavy atom. The van der Waals surface area contributed by atoms with Gasteiger partial charge in [0.25, 0.3) is 0 Å². The van der Waals surface area contributed by atoms with Crippen LogP contribution in [0.5, 0.6) is 0 Å². The first kappa shape index (κ1) is 42.5. The number of ether oxygens (including phenoxy) is 2. The molecule has 234 valence electrons. The number of aryl methyl sites for hydroxylation is 2. The second-order valence-electron chi connectivity index (χ2n) is 8.50. The van der Waals surface area contributed by atoms with Crippen molar-refractivity contribution >= 4 is 11.9 Å². The van der Waals surface area contributed by atoms with E-state index in [0.29, 0.717) is 38.1 Å². The van der Waals surface area contributed by atoms with Gasteiger partial charge in [-0.15, -0.1) is 13.2 Å². The zero-order valence-electron chi connectivity index (χ0n) is 24.8. The Kier molecular flexibility index (Phi) is 29.6. The second-order valence-corrected chi connectivity index (χ2v) is 8.50. The Morgan fingerprint density at radius 2 is 1.73 bits per heavy atom. The third-order valence-corrected chi connectivity index (χ3v) is 5.38. The summed E-state index contributed by atoms with van der Waals surface area (Å²) >= 11 is 0. The minimum absolute atomic E-state index is 0.166. The first-order valence-electron chi connectivity index (χ1n) is 13.4. The van der Waals surface area contributed by atoms with Crippen molar-refractivity contribution in [2.75, 3.05) is 26.9 Å². The van der Waals surface area contributed by atoms with Gasteiger partial charge in [0.05, 0.1) is 13.2 Å². The standard InChI is InChI=1S/C26H37F3O2.C4H6O2.C2H4.H2O2/c1-5-8-9-13-23(20-24(7-3)31-18-17-30-4)25-15-14-21(19-22(25)6-2)12-10-11-16-26(27,28)29;1-4(2-5)3-6;2*1-2/h7,13-15,19-20H,3,5-6,8-12,16-18H2,1-2,4H3;2,6H,1,3H2;1-2H2;1-2H/b23-13+,24-20+;;;. The third-order valence-electron chi connectivity index (χ3n) is 5.38. The van der Waals surface area contributed by atoms with Crippen LogP contribution >= 0.6 is 0 Å². The van der Waals surface area contributed by atoms with Gasteiger partial charge in [0.15, 0.2) is 0 Å². The van der Waals surface area contributed by atoms with Crippen LogP contribution in [0.15, 0.2) is 74.1 Å². The molecule has 1 aromatic rings. The predicted octanol–water partition coefficient (Wildman–Crippen LogP) is 8.38. The van der Waals surface area contributed by atoms with E-state index < -0.39 is 12.6 Å². The molecular weight excluding hydrogens is 537 g/mol. The summed E-state index contributed by atoms with van der Waals surface area (Å²) in [7, 11) is 1.63. The van der Waals surface area contributed by atoms with Crippen LogP contribution < -0.4 is 0 Å². The quantitative estimate of drug-likeness (QED) is 0.0248. The number of benzene rings is 1. The summed E-state index contributed by atoms with van der Waals surface area (Å²) in [6, 6.07) is 6.24. The minimum atomic E-state index is -4.07. The number of rotatable bonds is 17. The van der Waals surface area contributed by atoms with E-state index in [0.717, 1.165) is 42.4 Å². The Hall–Kier alpha value is -2.98. The van der Waals surface area contributed by atoms with Crippen molar-refractivity contribution < 1.29 is 43.1 Å². The van der Waals surface area contributed by atoms with Crippen LogP contribution in [-0.2, 0) is 27.1 Å². The second kappa shape index (κ2) is 28.5. The molecule has 0 heterocycles. The highest BCUT2D eigenvalue weighted by Gasteiger charge is 2.25. The maximum atomic E-state index is 12.4. The maximum absolute atomic E-state index is 12.4. The molecule has 0 unspecified atom stereocenters. The number of aliphatic hydroxyl groups is 1. The number of allylic oxidation sites excluding steroid dienone is 4. The van der Waals surface area contributed by atoms with Gasteiger partial charge in [0, 0.05) is 19.1 Å². The minimum Gasteiger partial charge on any atom is -0.491 e. The van der Waals surface area contributed by atoms with Gasteiger partial charge in [0.2, 0.25) is 0 Å². The molecule has 0 spiro atoms. The van der Waals surface area contributed by atoms with E-state index in [1.807, 2.05) is 12.1 Å². The summed E-state index contributed by atoms with van der Waals surface area (Å²) in [5.41, 5.74) is 4.70. The molecule has 0 radical (unpaired) electrons. The average molecular weight is 587 g/mol. The molecule has 0 aliphatic rings. The van der Waals surface area contributed by atoms with Gasteiger partial charge >= 0.3 is 6.18 Å². The van der Waals surface area contributed by atoms with Gasteiger partial charge in [-0.2, -0.15) is 13.2 Å². The molecule has 1 rings (SSSR count). The Labute approximate surface area is 244 Å². The first-order chi connectivity index (χ1) is 19.6. The lowest BCUT2D eigenvalue weighted by Crippen LogP contribution is -2.06. The molecule has 0 aliphatic heterocycles. The summed E-state index contributed by atoms with van der Waals surface area (Å²) in [4.78, 5) is 9.48. The van der Waals surface area contributed by atoms with Crippen molar-refractivity contribution in [3.63, 3.8) is 0 Å². The Balaban J connectivity index is -0.00000125. The summed E-state index contributed by atoms with van der Waals surface area (Å²) < 4.78 is 47.9. The highest BCUT2D eigenvalue weighted by atomic mass is 19.4. The molecular formula is C32H49F3O6. The molecule has 41 heavy (non-hydrogen) atoms. The SMILES string of the molecule is C=C.C=C(C=O)CO.C=C/C(=C\C(=C/CCCC)c1ccc(CCCCC(F)(F)F)cc1CC)OCCOC.OO. The van der Waals surface area contributed by atoms with Crippen LogP contribution in [-0.4, -0.2) is 55.0 Å². The van der Waals surface area contributed by atoms with Gasteiger partial charge in [-0.1, -0.05) is 64.1 Å². The van der Waals surface area contributed by atoms with Crippen LogP contribution in [0.25, 0.3) is 5.57 Å². The van der Waals surface area contributed by atoms with Gasteiger partial charge < -0.3 is 14.6 Å². The van der Waals surface area contributed by atoms with Gasteiger partial charge in [-0.25, -0.2) is 0 Å². The number of aldehydes is 1. The van der Waals surface area contributed by atoms with Crippen molar-refractivity contribution in [3.8, 4) is 0 Å². The van der Waals surface area contributed by atoms with Crippen molar-refractivity contribution in [2.24, 2.45) is 0 Å². The van der Waals surface area contributed by atoms with E-state index in [2.05, 4.69) is 58.4 Å². The number of alkyl halides is 3. The highest BCUT2D eigenvalue weighted by molar-refractivity contribution is 5.77. The zero-order valence-corrected chi connectivity index (χ0v) is 24.8. The molecule has 0 aromatic heterocycles. The van der Waals surface area contributed by atoms with Crippen LogP contribution in [0.3, 0.4) is 0 Å². The van der Waals surface area contributed by atoms with Crippen molar-refractivity contribution in [1.82, 2.24) is 0 Å². The van der Waals surface area contributed by atoms with Crippen molar-refractivity contribution in [2.45, 2.75) is 71.4 Å². The first-order valence-corrected chi connectivity index (χ1v) is 13.4. The number of hydrogen-bond donors (Lipinski definition) is 3. The summed E-state index contributed by atoms with van der Waals surface area (Å²) in [5, 5.41) is 20.0. The van der Waals surface area contributed by atoms with Gasteiger partial charge in [-0.05, 0) is 66.5 Å². The summed E-state index contributed by atoms with van der Waals surface area (Å²) in [5.74, 6) is 0.693. The molecule has 9 heteroatoms. The topological polar surface area (TPSA) is 96.2 Å². The lowest BCUT2D eigenvalue weighted by atomic mass is 9.93. The van der Waals surface area contributed by atoms with E-state index in [9.17, 15) is 18.0 Å². The molecule has 0 amide bonds. The number of hydrogen-bond acceptors (Lipinski definition) is 6. The molecule has 1 aromatic carbocycles. The van der Waals surface area contributed by atoms with Crippen LogP contribution in [0.2, 0.25) is 0 Å². The lowest BCUT2D eigenvalue weighted by molar-refractivity contribution is -0.176. The van der Waals surface area contributed by atoms with E-state index in [4.69, 9.17) is 25.1 Å². The molecule has 0 fully saturated rings. The Morgan fingerprint density at radius 1 is 1.07 bits per heavy atom. The number of aliphatic hydroxyl groups excluding tert-OH is 1. The van der Waals surface area contributed by atoms with Gasteiger partial charge in [-0.3, -0.25) is 15.3 Å². The number of halogens is 3. The molecule has 0 atom stereocenters. The third kappa shape index (κ3) is 23.4.